The van der Waals surface area contributed by atoms with Gasteiger partial charge in [-0.2, -0.15) is 13.2 Å². The van der Waals surface area contributed by atoms with Crippen LogP contribution in [-0.2, 0) is 11.3 Å². The molecule has 22 heavy (non-hydrogen) atoms. The molecule has 0 aliphatic carbocycles. The quantitative estimate of drug-likeness (QED) is 0.931. The summed E-state index contributed by atoms with van der Waals surface area (Å²) in [5, 5.41) is 9.63. The molecule has 1 saturated heterocycles. The molecular formula is C15H18F3NO3. The summed E-state index contributed by atoms with van der Waals surface area (Å²) >= 11 is 0. The van der Waals surface area contributed by atoms with Crippen LogP contribution >= 0.6 is 0 Å². The first-order valence-corrected chi connectivity index (χ1v) is 6.94. The van der Waals surface area contributed by atoms with Crippen molar-refractivity contribution in [3.8, 4) is 0 Å². The monoisotopic (exact) mass is 317 g/mol. The number of halogens is 3. The zero-order chi connectivity index (χ0) is 16.4. The molecule has 0 unspecified atom stereocenters. The van der Waals surface area contributed by atoms with E-state index in [9.17, 15) is 23.1 Å². The minimum absolute atomic E-state index is 0.129. The molecule has 0 saturated carbocycles. The molecule has 0 atom stereocenters. The Morgan fingerprint density at radius 1 is 1.32 bits per heavy atom. The molecule has 122 valence electrons. The summed E-state index contributed by atoms with van der Waals surface area (Å²) in [5.41, 5.74) is -1.59. The van der Waals surface area contributed by atoms with E-state index in [0.29, 0.717) is 11.1 Å². The van der Waals surface area contributed by atoms with Gasteiger partial charge < -0.3 is 14.7 Å². The maximum atomic E-state index is 12.8. The van der Waals surface area contributed by atoms with Crippen LogP contribution in [0.15, 0.2) is 24.3 Å². The van der Waals surface area contributed by atoms with Gasteiger partial charge >= 0.3 is 6.18 Å². The summed E-state index contributed by atoms with van der Waals surface area (Å²) in [7, 11) is 1.51. The third-order valence-corrected chi connectivity index (χ3v) is 3.95. The second-order valence-corrected chi connectivity index (χ2v) is 5.41. The van der Waals surface area contributed by atoms with Crippen LogP contribution in [-0.4, -0.2) is 47.9 Å². The first kappa shape index (κ1) is 16.8. The third kappa shape index (κ3) is 3.25. The number of alkyl halides is 3. The van der Waals surface area contributed by atoms with Crippen LogP contribution in [0.1, 0.15) is 28.8 Å². The van der Waals surface area contributed by atoms with Gasteiger partial charge in [0.25, 0.3) is 5.91 Å². The van der Waals surface area contributed by atoms with E-state index >= 15 is 0 Å². The van der Waals surface area contributed by atoms with Gasteiger partial charge in [0.2, 0.25) is 0 Å². The molecule has 1 heterocycles. The molecule has 0 radical (unpaired) electrons. The number of piperidine rings is 1. The average Bonchev–Trinajstić information content (AvgIpc) is 2.47. The van der Waals surface area contributed by atoms with Crippen molar-refractivity contribution in [2.45, 2.75) is 31.2 Å². The summed E-state index contributed by atoms with van der Waals surface area (Å²) in [6, 6.07) is 6.83. The number of ether oxygens (including phenoxy) is 1. The summed E-state index contributed by atoms with van der Waals surface area (Å²) in [4.78, 5) is 13.8. The Morgan fingerprint density at radius 2 is 1.91 bits per heavy atom. The van der Waals surface area contributed by atoms with E-state index in [2.05, 4.69) is 0 Å². The van der Waals surface area contributed by atoms with Gasteiger partial charge in [0, 0.05) is 38.6 Å². The standard InChI is InChI=1S/C15H18F3NO3/c1-22-10-11-4-2-3-5-12(11)13(20)19-8-6-14(21,7-9-19)15(16,17)18/h2-5,21H,6-10H2,1H3. The van der Waals surface area contributed by atoms with Gasteiger partial charge in [0.15, 0.2) is 5.60 Å². The Balaban J connectivity index is 2.11. The first-order valence-electron chi connectivity index (χ1n) is 6.94. The van der Waals surface area contributed by atoms with Crippen LogP contribution in [0.3, 0.4) is 0 Å². The van der Waals surface area contributed by atoms with Gasteiger partial charge in [-0.1, -0.05) is 18.2 Å². The second kappa shape index (κ2) is 6.26. The molecule has 7 heteroatoms. The van der Waals surface area contributed by atoms with Crippen LogP contribution in [0, 0.1) is 0 Å². The number of benzene rings is 1. The normalized spacial score (nSPS) is 18.3. The number of aliphatic hydroxyl groups is 1. The number of likely N-dealkylation sites (tertiary alicyclic amines) is 1. The smallest absolute Gasteiger partial charge is 0.380 e. The molecule has 1 fully saturated rings. The lowest BCUT2D eigenvalue weighted by Gasteiger charge is -2.39. The summed E-state index contributed by atoms with van der Waals surface area (Å²) in [5.74, 6) is -0.336. The van der Waals surface area contributed by atoms with E-state index < -0.39 is 24.6 Å². The second-order valence-electron chi connectivity index (χ2n) is 5.41. The van der Waals surface area contributed by atoms with E-state index in [1.807, 2.05) is 0 Å². The lowest BCUT2D eigenvalue weighted by molar-refractivity contribution is -0.271. The molecule has 1 N–H and O–H groups in total. The number of hydrogen-bond acceptors (Lipinski definition) is 3. The summed E-state index contributed by atoms with van der Waals surface area (Å²) < 4.78 is 43.3. The van der Waals surface area contributed by atoms with Gasteiger partial charge in [-0.3, -0.25) is 4.79 Å². The fourth-order valence-corrected chi connectivity index (χ4v) is 2.54. The minimum Gasteiger partial charge on any atom is -0.380 e. The Kier molecular flexibility index (Phi) is 4.77. The molecule has 0 bridgehead atoms. The molecule has 1 aromatic rings. The van der Waals surface area contributed by atoms with E-state index in [-0.39, 0.29) is 25.6 Å². The summed E-state index contributed by atoms with van der Waals surface area (Å²) in [6.45, 7) is -0.00540. The topological polar surface area (TPSA) is 49.8 Å². The van der Waals surface area contributed by atoms with Gasteiger partial charge in [0.05, 0.1) is 6.61 Å². The number of carbonyl (C=O) groups is 1. The van der Waals surface area contributed by atoms with E-state index in [1.54, 1.807) is 24.3 Å². The Bertz CT molecular complexity index is 537. The van der Waals surface area contributed by atoms with E-state index in [0.717, 1.165) is 0 Å². The van der Waals surface area contributed by atoms with Crippen LogP contribution in [0.5, 0.6) is 0 Å². The van der Waals surface area contributed by atoms with Crippen LogP contribution in [0.25, 0.3) is 0 Å². The molecule has 1 aliphatic heterocycles. The van der Waals surface area contributed by atoms with Crippen LogP contribution < -0.4 is 0 Å². The van der Waals surface area contributed by atoms with Crippen molar-refractivity contribution in [2.75, 3.05) is 20.2 Å². The molecule has 1 amide bonds. The van der Waals surface area contributed by atoms with Gasteiger partial charge in [0.1, 0.15) is 0 Å². The van der Waals surface area contributed by atoms with E-state index in [4.69, 9.17) is 4.74 Å². The molecule has 0 spiro atoms. The third-order valence-electron chi connectivity index (χ3n) is 3.95. The Hall–Kier alpha value is -1.60. The Labute approximate surface area is 126 Å². The molecule has 4 nitrogen and oxygen atoms in total. The number of nitrogens with zero attached hydrogens (tertiary/aromatic N) is 1. The lowest BCUT2D eigenvalue weighted by atomic mass is 9.90. The minimum atomic E-state index is -4.67. The fraction of sp³-hybridized carbons (Fsp3) is 0.533. The maximum absolute atomic E-state index is 12.8. The molecule has 1 aliphatic rings. The molecule has 1 aromatic carbocycles. The summed E-state index contributed by atoms with van der Waals surface area (Å²) in [6.07, 6.45) is -5.68. The van der Waals surface area contributed by atoms with Crippen molar-refractivity contribution in [1.82, 2.24) is 4.90 Å². The highest BCUT2D eigenvalue weighted by atomic mass is 19.4. The van der Waals surface area contributed by atoms with Crippen molar-refractivity contribution < 1.29 is 27.8 Å². The first-order chi connectivity index (χ1) is 10.3. The van der Waals surface area contributed by atoms with Crippen molar-refractivity contribution in [2.24, 2.45) is 0 Å². The van der Waals surface area contributed by atoms with Crippen molar-refractivity contribution in [3.05, 3.63) is 35.4 Å². The molecular weight excluding hydrogens is 299 g/mol. The highest BCUT2D eigenvalue weighted by Gasteiger charge is 2.54. The lowest BCUT2D eigenvalue weighted by Crippen LogP contribution is -2.54. The van der Waals surface area contributed by atoms with Gasteiger partial charge in [-0.25, -0.2) is 0 Å². The number of methoxy groups -OCH3 is 1. The number of carbonyl (C=O) groups excluding carboxylic acids is 1. The molecule has 0 aromatic heterocycles. The predicted molar refractivity (Wildman–Crippen MR) is 73.3 cm³/mol. The number of rotatable bonds is 3. The Morgan fingerprint density at radius 3 is 2.45 bits per heavy atom. The molecule has 2 rings (SSSR count). The van der Waals surface area contributed by atoms with Gasteiger partial charge in [-0.15, -0.1) is 0 Å². The number of hydrogen-bond donors (Lipinski definition) is 1. The zero-order valence-electron chi connectivity index (χ0n) is 12.2. The highest BCUT2D eigenvalue weighted by molar-refractivity contribution is 5.95. The number of amides is 1. The SMILES string of the molecule is COCc1ccccc1C(=O)N1CCC(O)(C(F)(F)F)CC1. The van der Waals surface area contributed by atoms with Crippen LogP contribution in [0.2, 0.25) is 0 Å². The van der Waals surface area contributed by atoms with Crippen molar-refractivity contribution in [3.63, 3.8) is 0 Å². The highest BCUT2D eigenvalue weighted by Crippen LogP contribution is 2.38. The van der Waals surface area contributed by atoms with Crippen LogP contribution in [0.4, 0.5) is 13.2 Å². The fourth-order valence-electron chi connectivity index (χ4n) is 2.54. The van der Waals surface area contributed by atoms with Crippen molar-refractivity contribution in [1.29, 1.82) is 0 Å². The van der Waals surface area contributed by atoms with Crippen molar-refractivity contribution >= 4 is 5.91 Å². The zero-order valence-corrected chi connectivity index (χ0v) is 12.2. The van der Waals surface area contributed by atoms with E-state index in [1.165, 1.54) is 12.0 Å². The maximum Gasteiger partial charge on any atom is 0.417 e. The average molecular weight is 317 g/mol. The predicted octanol–water partition coefficient (Wildman–Crippen LogP) is 2.36. The van der Waals surface area contributed by atoms with Gasteiger partial charge in [-0.05, 0) is 11.6 Å². The largest absolute Gasteiger partial charge is 0.417 e.